The largest absolute Gasteiger partial charge is 0.206 e. The fraction of sp³-hybridized carbons (Fsp3) is 0.467. The van der Waals surface area contributed by atoms with Gasteiger partial charge in [0.15, 0.2) is 0 Å². The second-order valence-electron chi connectivity index (χ2n) is 9.77. The Morgan fingerprint density at radius 1 is 0.806 bits per heavy atom. The Morgan fingerprint density at radius 2 is 1.52 bits per heavy atom. The van der Waals surface area contributed by atoms with Gasteiger partial charge in [-0.25, -0.2) is 4.39 Å². The smallest absolute Gasteiger partial charge is 0.138 e. The Kier molecular flexibility index (Phi) is 7.43. The quantitative estimate of drug-likeness (QED) is 0.321. The van der Waals surface area contributed by atoms with Crippen molar-refractivity contribution in [3.05, 3.63) is 71.5 Å². The molecule has 0 heterocycles. The topological polar surface area (TPSA) is 0 Å². The standard InChI is InChI=1S/C30H37F/c1-3-4-5-6-23-9-11-24(12-10-23)13-14-25-15-19-29-27(21-25)18-20-28(30(29)31)26-16-7-22(2)8-17-26/h7-8,15-21,23-24H,3-6,9-14H2,1-2H3/t23-,24-. The molecule has 0 aliphatic heterocycles. The minimum atomic E-state index is -0.103. The lowest BCUT2D eigenvalue weighted by Gasteiger charge is -2.28. The zero-order valence-corrected chi connectivity index (χ0v) is 19.3. The molecule has 164 valence electrons. The third kappa shape index (κ3) is 5.56. The number of aryl methyl sites for hydroxylation is 2. The van der Waals surface area contributed by atoms with Gasteiger partial charge < -0.3 is 0 Å². The minimum absolute atomic E-state index is 0.103. The zero-order chi connectivity index (χ0) is 21.6. The first-order valence-electron chi connectivity index (χ1n) is 12.4. The summed E-state index contributed by atoms with van der Waals surface area (Å²) in [5, 5.41) is 1.75. The van der Waals surface area contributed by atoms with E-state index in [1.807, 2.05) is 36.4 Å². The zero-order valence-electron chi connectivity index (χ0n) is 19.3. The molecule has 3 aromatic carbocycles. The maximum atomic E-state index is 15.2. The highest BCUT2D eigenvalue weighted by molar-refractivity contribution is 5.88. The van der Waals surface area contributed by atoms with E-state index < -0.39 is 0 Å². The van der Waals surface area contributed by atoms with Crippen LogP contribution in [0, 0.1) is 24.6 Å². The SMILES string of the molecule is CCCCC[C@H]1CC[C@H](CCc2ccc3c(F)c(-c4ccc(C)cc4)ccc3c2)CC1. The Hall–Kier alpha value is -2.15. The van der Waals surface area contributed by atoms with Gasteiger partial charge in [-0.3, -0.25) is 0 Å². The molecule has 4 rings (SSSR count). The van der Waals surface area contributed by atoms with Crippen molar-refractivity contribution in [3.8, 4) is 11.1 Å². The molecule has 0 bridgehead atoms. The molecule has 1 fully saturated rings. The van der Waals surface area contributed by atoms with Gasteiger partial charge in [0.1, 0.15) is 5.82 Å². The van der Waals surface area contributed by atoms with Crippen LogP contribution in [0.4, 0.5) is 4.39 Å². The number of hydrogen-bond donors (Lipinski definition) is 0. The Bertz CT molecular complexity index is 977. The maximum Gasteiger partial charge on any atom is 0.138 e. The number of benzene rings is 3. The van der Waals surface area contributed by atoms with Crippen LogP contribution in [-0.4, -0.2) is 0 Å². The summed E-state index contributed by atoms with van der Waals surface area (Å²) in [4.78, 5) is 0. The van der Waals surface area contributed by atoms with Gasteiger partial charge in [-0.15, -0.1) is 0 Å². The molecule has 0 N–H and O–H groups in total. The number of hydrogen-bond acceptors (Lipinski definition) is 0. The summed E-state index contributed by atoms with van der Waals surface area (Å²) in [6.45, 7) is 4.35. The van der Waals surface area contributed by atoms with Gasteiger partial charge in [0.25, 0.3) is 0 Å². The van der Waals surface area contributed by atoms with E-state index in [-0.39, 0.29) is 5.82 Å². The molecule has 0 aromatic heterocycles. The number of unbranched alkanes of at least 4 members (excludes halogenated alkanes) is 2. The van der Waals surface area contributed by atoms with E-state index in [4.69, 9.17) is 0 Å². The highest BCUT2D eigenvalue weighted by Gasteiger charge is 2.20. The van der Waals surface area contributed by atoms with E-state index in [1.54, 1.807) is 0 Å². The molecule has 1 aliphatic rings. The van der Waals surface area contributed by atoms with Gasteiger partial charge in [0.05, 0.1) is 0 Å². The van der Waals surface area contributed by atoms with Crippen LogP contribution < -0.4 is 0 Å². The van der Waals surface area contributed by atoms with Gasteiger partial charge in [0, 0.05) is 10.9 Å². The van der Waals surface area contributed by atoms with E-state index in [2.05, 4.69) is 32.0 Å². The van der Waals surface area contributed by atoms with Crippen molar-refractivity contribution in [3.63, 3.8) is 0 Å². The predicted octanol–water partition coefficient (Wildman–Crippen LogP) is 9.27. The highest BCUT2D eigenvalue weighted by Crippen LogP contribution is 2.35. The fourth-order valence-electron chi connectivity index (χ4n) is 5.32. The molecule has 0 spiro atoms. The molecule has 0 atom stereocenters. The van der Waals surface area contributed by atoms with Crippen molar-refractivity contribution in [2.24, 2.45) is 11.8 Å². The number of halogens is 1. The molecule has 31 heavy (non-hydrogen) atoms. The Balaban J connectivity index is 1.37. The number of fused-ring (bicyclic) bond motifs is 1. The molecule has 1 heteroatoms. The van der Waals surface area contributed by atoms with Crippen molar-refractivity contribution in [2.45, 2.75) is 78.1 Å². The van der Waals surface area contributed by atoms with E-state index in [0.29, 0.717) is 5.56 Å². The van der Waals surface area contributed by atoms with Crippen LogP contribution in [0.25, 0.3) is 21.9 Å². The van der Waals surface area contributed by atoms with Crippen molar-refractivity contribution in [1.82, 2.24) is 0 Å². The normalized spacial score (nSPS) is 19.1. The highest BCUT2D eigenvalue weighted by atomic mass is 19.1. The molecule has 1 aliphatic carbocycles. The maximum absolute atomic E-state index is 15.2. The van der Waals surface area contributed by atoms with Gasteiger partial charge in [-0.05, 0) is 48.1 Å². The first kappa shape index (κ1) is 22.1. The van der Waals surface area contributed by atoms with Gasteiger partial charge in [-0.1, -0.05) is 118 Å². The van der Waals surface area contributed by atoms with Crippen LogP contribution in [-0.2, 0) is 6.42 Å². The van der Waals surface area contributed by atoms with Crippen LogP contribution in [0.2, 0.25) is 0 Å². The lowest BCUT2D eigenvalue weighted by atomic mass is 9.77. The number of rotatable bonds is 8. The van der Waals surface area contributed by atoms with E-state index in [1.165, 1.54) is 68.9 Å². The molecular weight excluding hydrogens is 379 g/mol. The molecule has 3 aromatic rings. The summed E-state index contributed by atoms with van der Waals surface area (Å²) in [5.74, 6) is 1.75. The summed E-state index contributed by atoms with van der Waals surface area (Å²) in [6, 6.07) is 18.4. The third-order valence-corrected chi connectivity index (χ3v) is 7.40. The van der Waals surface area contributed by atoms with Gasteiger partial charge in [0.2, 0.25) is 0 Å². The summed E-state index contributed by atoms with van der Waals surface area (Å²) < 4.78 is 15.2. The average molecular weight is 417 g/mol. The molecule has 0 nitrogen and oxygen atoms in total. The first-order chi connectivity index (χ1) is 15.1. The summed E-state index contributed by atoms with van der Waals surface area (Å²) in [5.41, 5.74) is 4.18. The lowest BCUT2D eigenvalue weighted by molar-refractivity contribution is 0.249. The van der Waals surface area contributed by atoms with Crippen LogP contribution in [0.5, 0.6) is 0 Å². The molecule has 0 radical (unpaired) electrons. The molecule has 0 amide bonds. The Morgan fingerprint density at radius 3 is 2.23 bits per heavy atom. The van der Waals surface area contributed by atoms with Crippen molar-refractivity contribution < 1.29 is 4.39 Å². The average Bonchev–Trinajstić information content (AvgIpc) is 2.80. The summed E-state index contributed by atoms with van der Waals surface area (Å²) in [6.07, 6.45) is 13.6. The minimum Gasteiger partial charge on any atom is -0.206 e. The monoisotopic (exact) mass is 416 g/mol. The van der Waals surface area contributed by atoms with Gasteiger partial charge in [-0.2, -0.15) is 0 Å². The second kappa shape index (κ2) is 10.4. The summed E-state index contributed by atoms with van der Waals surface area (Å²) >= 11 is 0. The molecule has 0 unspecified atom stereocenters. The predicted molar refractivity (Wildman–Crippen MR) is 132 cm³/mol. The van der Waals surface area contributed by atoms with Crippen LogP contribution in [0.1, 0.15) is 75.8 Å². The van der Waals surface area contributed by atoms with Crippen molar-refractivity contribution >= 4 is 10.8 Å². The van der Waals surface area contributed by atoms with E-state index in [9.17, 15) is 0 Å². The van der Waals surface area contributed by atoms with Crippen LogP contribution in [0.15, 0.2) is 54.6 Å². The van der Waals surface area contributed by atoms with Gasteiger partial charge >= 0.3 is 0 Å². The molecule has 1 saturated carbocycles. The van der Waals surface area contributed by atoms with Crippen molar-refractivity contribution in [2.75, 3.05) is 0 Å². The fourth-order valence-corrected chi connectivity index (χ4v) is 5.32. The van der Waals surface area contributed by atoms with Crippen LogP contribution in [0.3, 0.4) is 0 Å². The lowest BCUT2D eigenvalue weighted by Crippen LogP contribution is -2.15. The van der Waals surface area contributed by atoms with Crippen molar-refractivity contribution in [1.29, 1.82) is 0 Å². The first-order valence-corrected chi connectivity index (χ1v) is 12.4. The van der Waals surface area contributed by atoms with E-state index in [0.717, 1.165) is 34.6 Å². The van der Waals surface area contributed by atoms with Crippen LogP contribution >= 0.6 is 0 Å². The third-order valence-electron chi connectivity index (χ3n) is 7.40. The molecule has 0 saturated heterocycles. The molecular formula is C30H37F. The Labute approximate surface area is 187 Å². The van der Waals surface area contributed by atoms with E-state index >= 15 is 4.39 Å². The second-order valence-corrected chi connectivity index (χ2v) is 9.77. The summed E-state index contributed by atoms with van der Waals surface area (Å²) in [7, 11) is 0.